The molecule has 0 aliphatic rings. The Kier molecular flexibility index (Phi) is 3.07. The quantitative estimate of drug-likeness (QED) is 0.631. The third-order valence-corrected chi connectivity index (χ3v) is 5.32. The normalized spacial score (nSPS) is 11.1. The Labute approximate surface area is 114 Å². The molecule has 0 spiro atoms. The molecule has 0 saturated carbocycles. The Morgan fingerprint density at radius 2 is 1.78 bits per heavy atom. The van der Waals surface area contributed by atoms with Crippen LogP contribution >= 0.6 is 22.7 Å². The monoisotopic (exact) mass is 271 g/mol. The molecule has 0 radical (unpaired) electrons. The van der Waals surface area contributed by atoms with Gasteiger partial charge in [-0.3, -0.25) is 0 Å². The first-order chi connectivity index (χ1) is 8.86. The molecule has 3 rings (SSSR count). The molecule has 90 valence electrons. The van der Waals surface area contributed by atoms with Crippen molar-refractivity contribution >= 4 is 42.8 Å². The molecule has 0 atom stereocenters. The van der Waals surface area contributed by atoms with Crippen molar-refractivity contribution in [3.05, 3.63) is 34.0 Å². The highest BCUT2D eigenvalue weighted by atomic mass is 32.1. The number of nitrogens with zero attached hydrogens (tertiary/aromatic N) is 1. The van der Waals surface area contributed by atoms with Crippen molar-refractivity contribution in [1.82, 2.24) is 0 Å². The molecule has 18 heavy (non-hydrogen) atoms. The zero-order chi connectivity index (χ0) is 12.5. The molecule has 3 heteroatoms. The topological polar surface area (TPSA) is 23.8 Å². The predicted octanol–water partition coefficient (Wildman–Crippen LogP) is 5.33. The maximum absolute atomic E-state index is 9.49. The van der Waals surface area contributed by atoms with E-state index < -0.39 is 0 Å². The van der Waals surface area contributed by atoms with Gasteiger partial charge in [-0.05, 0) is 46.7 Å². The summed E-state index contributed by atoms with van der Waals surface area (Å²) in [6.45, 7) is 2.19. The highest BCUT2D eigenvalue weighted by Crippen LogP contribution is 2.39. The van der Waals surface area contributed by atoms with Gasteiger partial charge in [-0.15, -0.1) is 22.7 Å². The van der Waals surface area contributed by atoms with Crippen LogP contribution in [0.1, 0.15) is 30.9 Å². The lowest BCUT2D eigenvalue weighted by molar-refractivity contribution is 0.798. The van der Waals surface area contributed by atoms with E-state index in [0.717, 1.165) is 30.2 Å². The number of fused-ring (bicyclic) bond motifs is 3. The number of unbranched alkanes of at least 4 members (excludes halogenated alkanes) is 1. The number of rotatable bonds is 3. The summed E-state index contributed by atoms with van der Waals surface area (Å²) in [5, 5.41) is 16.2. The smallest absolute Gasteiger partial charge is 0.100 e. The van der Waals surface area contributed by atoms with Crippen LogP contribution in [-0.4, -0.2) is 0 Å². The van der Waals surface area contributed by atoms with Gasteiger partial charge in [0, 0.05) is 5.39 Å². The Morgan fingerprint density at radius 1 is 1.11 bits per heavy atom. The molecule has 0 N–H and O–H groups in total. The molecule has 1 aromatic carbocycles. The van der Waals surface area contributed by atoms with Crippen LogP contribution < -0.4 is 0 Å². The maximum Gasteiger partial charge on any atom is 0.100 e. The summed E-state index contributed by atoms with van der Waals surface area (Å²) >= 11 is 3.53. The fourth-order valence-electron chi connectivity index (χ4n) is 2.44. The second-order valence-corrected chi connectivity index (χ2v) is 6.23. The van der Waals surface area contributed by atoms with Crippen molar-refractivity contribution in [1.29, 1.82) is 5.26 Å². The van der Waals surface area contributed by atoms with Crippen molar-refractivity contribution in [3.8, 4) is 6.07 Å². The van der Waals surface area contributed by atoms with Crippen LogP contribution in [0.5, 0.6) is 0 Å². The molecule has 0 fully saturated rings. The molecule has 0 saturated heterocycles. The third-order valence-electron chi connectivity index (χ3n) is 3.33. The lowest BCUT2D eigenvalue weighted by Gasteiger charge is -2.07. The fraction of sp³-hybridized carbons (Fsp3) is 0.267. The maximum atomic E-state index is 9.49. The number of benzene rings is 1. The van der Waals surface area contributed by atoms with Gasteiger partial charge in [-0.25, -0.2) is 0 Å². The molecule has 0 unspecified atom stereocenters. The SMILES string of the molecule is CCCCc1c(C#N)c2ccsc2c2sccc12. The van der Waals surface area contributed by atoms with E-state index in [9.17, 15) is 5.26 Å². The van der Waals surface area contributed by atoms with E-state index >= 15 is 0 Å². The van der Waals surface area contributed by atoms with Crippen LogP contribution in [0.2, 0.25) is 0 Å². The van der Waals surface area contributed by atoms with E-state index in [1.54, 1.807) is 22.7 Å². The van der Waals surface area contributed by atoms with Gasteiger partial charge in [-0.2, -0.15) is 5.26 Å². The Morgan fingerprint density at radius 3 is 2.44 bits per heavy atom. The highest BCUT2D eigenvalue weighted by Gasteiger charge is 2.15. The van der Waals surface area contributed by atoms with Crippen LogP contribution in [0.15, 0.2) is 22.9 Å². The fourth-order valence-corrected chi connectivity index (χ4v) is 4.46. The van der Waals surface area contributed by atoms with Crippen molar-refractivity contribution in [2.24, 2.45) is 0 Å². The predicted molar refractivity (Wildman–Crippen MR) is 80.5 cm³/mol. The van der Waals surface area contributed by atoms with Gasteiger partial charge in [0.25, 0.3) is 0 Å². The lowest BCUT2D eigenvalue weighted by Crippen LogP contribution is -1.92. The molecular formula is C15H13NS2. The first-order valence-electron chi connectivity index (χ1n) is 6.16. The number of hydrogen-bond donors (Lipinski definition) is 0. The second-order valence-electron chi connectivity index (χ2n) is 4.40. The van der Waals surface area contributed by atoms with Gasteiger partial charge in [0.15, 0.2) is 0 Å². The molecule has 0 amide bonds. The van der Waals surface area contributed by atoms with Crippen LogP contribution in [-0.2, 0) is 6.42 Å². The number of thiophene rings is 2. The van der Waals surface area contributed by atoms with E-state index in [-0.39, 0.29) is 0 Å². The number of aryl methyl sites for hydroxylation is 1. The summed E-state index contributed by atoms with van der Waals surface area (Å²) < 4.78 is 2.63. The first kappa shape index (κ1) is 11.7. The molecule has 2 aromatic heterocycles. The molecule has 0 bridgehead atoms. The van der Waals surface area contributed by atoms with Crippen LogP contribution in [0, 0.1) is 11.3 Å². The third kappa shape index (κ3) is 1.65. The standard InChI is InChI=1S/C15H13NS2/c1-2-3-4-10-11-5-7-17-14(11)15-12(6-8-18-15)13(10)9-16/h5-8H,2-4H2,1H3. The largest absolute Gasteiger partial charge is 0.192 e. The summed E-state index contributed by atoms with van der Waals surface area (Å²) in [6, 6.07) is 6.69. The lowest BCUT2D eigenvalue weighted by atomic mass is 9.96. The van der Waals surface area contributed by atoms with Gasteiger partial charge in [0.1, 0.15) is 6.07 Å². The number of nitriles is 1. The van der Waals surface area contributed by atoms with Gasteiger partial charge >= 0.3 is 0 Å². The van der Waals surface area contributed by atoms with Crippen molar-refractivity contribution in [3.63, 3.8) is 0 Å². The Bertz CT molecular complexity index is 743. The first-order valence-corrected chi connectivity index (χ1v) is 7.92. The Hall–Kier alpha value is -1.37. The van der Waals surface area contributed by atoms with Crippen molar-refractivity contribution < 1.29 is 0 Å². The summed E-state index contributed by atoms with van der Waals surface area (Å²) in [5.74, 6) is 0. The van der Waals surface area contributed by atoms with E-state index in [4.69, 9.17) is 0 Å². The van der Waals surface area contributed by atoms with E-state index in [2.05, 4.69) is 35.9 Å². The van der Waals surface area contributed by atoms with E-state index in [1.165, 1.54) is 20.3 Å². The Balaban J connectivity index is 2.40. The van der Waals surface area contributed by atoms with Crippen molar-refractivity contribution in [2.75, 3.05) is 0 Å². The minimum absolute atomic E-state index is 0.894. The summed E-state index contributed by atoms with van der Waals surface area (Å²) in [4.78, 5) is 0. The molecular weight excluding hydrogens is 258 g/mol. The van der Waals surface area contributed by atoms with Crippen LogP contribution in [0.25, 0.3) is 20.2 Å². The molecule has 0 aliphatic carbocycles. The summed E-state index contributed by atoms with van der Waals surface area (Å²) in [7, 11) is 0. The van der Waals surface area contributed by atoms with Gasteiger partial charge in [0.05, 0.1) is 15.0 Å². The number of hydrogen-bond acceptors (Lipinski definition) is 3. The zero-order valence-electron chi connectivity index (χ0n) is 10.2. The van der Waals surface area contributed by atoms with Crippen molar-refractivity contribution in [2.45, 2.75) is 26.2 Å². The minimum atomic E-state index is 0.894. The highest BCUT2D eigenvalue weighted by molar-refractivity contribution is 7.25. The van der Waals surface area contributed by atoms with Crippen LogP contribution in [0.3, 0.4) is 0 Å². The van der Waals surface area contributed by atoms with Gasteiger partial charge in [0.2, 0.25) is 0 Å². The second kappa shape index (κ2) is 4.72. The van der Waals surface area contributed by atoms with Gasteiger partial charge in [-0.1, -0.05) is 13.3 Å². The zero-order valence-corrected chi connectivity index (χ0v) is 11.8. The average molecular weight is 271 g/mol. The van der Waals surface area contributed by atoms with E-state index in [0.29, 0.717) is 0 Å². The molecule has 3 aromatic rings. The summed E-state index contributed by atoms with van der Waals surface area (Å²) in [5.41, 5.74) is 2.15. The van der Waals surface area contributed by atoms with E-state index in [1.807, 2.05) is 0 Å². The molecule has 2 heterocycles. The molecule has 0 aliphatic heterocycles. The average Bonchev–Trinajstić information content (AvgIpc) is 3.02. The molecule has 1 nitrogen and oxygen atoms in total. The summed E-state index contributed by atoms with van der Waals surface area (Å²) in [6.07, 6.45) is 3.33. The van der Waals surface area contributed by atoms with Gasteiger partial charge < -0.3 is 0 Å². The minimum Gasteiger partial charge on any atom is -0.192 e. The van der Waals surface area contributed by atoms with Crippen LogP contribution in [0.4, 0.5) is 0 Å².